The molecule has 2 amide bonds. The van der Waals surface area contributed by atoms with Crippen LogP contribution in [-0.2, 0) is 9.59 Å². The number of anilines is 2. The number of nitrogens with zero attached hydrogens (tertiary/aromatic N) is 1. The van der Waals surface area contributed by atoms with Crippen molar-refractivity contribution in [3.8, 4) is 0 Å². The Morgan fingerprint density at radius 3 is 2.71 bits per heavy atom. The summed E-state index contributed by atoms with van der Waals surface area (Å²) in [5.74, 6) is 0.555. The van der Waals surface area contributed by atoms with Crippen LogP contribution in [0, 0.1) is 6.92 Å². The molecule has 2 aromatic rings. The highest BCUT2D eigenvalue weighted by atomic mass is 32.2. The predicted octanol–water partition coefficient (Wildman–Crippen LogP) is 4.12. The van der Waals surface area contributed by atoms with E-state index in [-0.39, 0.29) is 17.2 Å². The van der Waals surface area contributed by atoms with Crippen LogP contribution in [0.5, 0.6) is 0 Å². The van der Waals surface area contributed by atoms with E-state index in [1.807, 2.05) is 67.3 Å². The molecule has 0 radical (unpaired) electrons. The Bertz CT molecular complexity index is 758. The van der Waals surface area contributed by atoms with E-state index in [1.54, 1.807) is 11.8 Å². The third-order valence-corrected chi connectivity index (χ3v) is 5.17. The summed E-state index contributed by atoms with van der Waals surface area (Å²) in [6, 6.07) is 15.7. The number of carbonyl (C=O) groups is 2. The lowest BCUT2D eigenvalue weighted by Crippen LogP contribution is -2.27. The van der Waals surface area contributed by atoms with Crippen molar-refractivity contribution in [2.75, 3.05) is 16.0 Å². The molecule has 124 valence electrons. The quantitative estimate of drug-likeness (QED) is 0.911. The molecule has 3 rings (SSSR count). The number of nitrogens with one attached hydrogen (secondary N) is 1. The Kier molecular flexibility index (Phi) is 4.90. The minimum atomic E-state index is -0.0707. The highest BCUT2D eigenvalue weighted by Crippen LogP contribution is 2.42. The average molecular weight is 340 g/mol. The smallest absolute Gasteiger partial charge is 0.238 e. The lowest BCUT2D eigenvalue weighted by molar-refractivity contribution is -0.116. The van der Waals surface area contributed by atoms with Crippen molar-refractivity contribution in [1.82, 2.24) is 0 Å². The number of hydrogen-bond donors (Lipinski definition) is 1. The number of hydrogen-bond acceptors (Lipinski definition) is 3. The van der Waals surface area contributed by atoms with Gasteiger partial charge in [0.05, 0.1) is 5.75 Å². The minimum absolute atomic E-state index is 0.0160. The molecule has 5 heteroatoms. The van der Waals surface area contributed by atoms with Gasteiger partial charge in [-0.05, 0) is 36.8 Å². The molecule has 24 heavy (non-hydrogen) atoms. The van der Waals surface area contributed by atoms with Gasteiger partial charge in [-0.15, -0.1) is 11.8 Å². The van der Waals surface area contributed by atoms with Gasteiger partial charge < -0.3 is 5.32 Å². The SMILES string of the molecule is CCC(=O)Nc1cccc(C2SCC(=O)N2c2ccc(C)cc2)c1. The highest BCUT2D eigenvalue weighted by Gasteiger charge is 2.34. The van der Waals surface area contributed by atoms with E-state index in [2.05, 4.69) is 5.32 Å². The molecule has 0 spiro atoms. The van der Waals surface area contributed by atoms with Gasteiger partial charge in [-0.1, -0.05) is 36.8 Å². The van der Waals surface area contributed by atoms with Gasteiger partial charge in [0, 0.05) is 17.8 Å². The number of carbonyl (C=O) groups excluding carboxylic acids is 2. The molecule has 1 fully saturated rings. The van der Waals surface area contributed by atoms with Gasteiger partial charge in [0.2, 0.25) is 11.8 Å². The number of benzene rings is 2. The summed E-state index contributed by atoms with van der Waals surface area (Å²) in [4.78, 5) is 25.8. The zero-order valence-corrected chi connectivity index (χ0v) is 14.6. The largest absolute Gasteiger partial charge is 0.326 e. The van der Waals surface area contributed by atoms with Gasteiger partial charge >= 0.3 is 0 Å². The molecule has 1 atom stereocenters. The Hall–Kier alpha value is -2.27. The highest BCUT2D eigenvalue weighted by molar-refractivity contribution is 8.00. The maximum Gasteiger partial charge on any atom is 0.238 e. The first-order valence-electron chi connectivity index (χ1n) is 7.98. The first-order valence-corrected chi connectivity index (χ1v) is 9.03. The second-order valence-electron chi connectivity index (χ2n) is 5.79. The first kappa shape index (κ1) is 16.6. The van der Waals surface area contributed by atoms with Gasteiger partial charge in [-0.25, -0.2) is 0 Å². The molecule has 1 aliphatic rings. The zero-order valence-electron chi connectivity index (χ0n) is 13.8. The Morgan fingerprint density at radius 1 is 1.25 bits per heavy atom. The number of thioether (sulfide) groups is 1. The Labute approximate surface area is 146 Å². The molecule has 2 aromatic carbocycles. The number of amides is 2. The van der Waals surface area contributed by atoms with E-state index in [0.29, 0.717) is 12.2 Å². The molecule has 0 aliphatic carbocycles. The molecule has 0 bridgehead atoms. The second-order valence-corrected chi connectivity index (χ2v) is 6.86. The molecule has 1 N–H and O–H groups in total. The summed E-state index contributed by atoms with van der Waals surface area (Å²) in [6.07, 6.45) is 0.441. The standard InChI is InChI=1S/C19H20N2O2S/c1-3-17(22)20-15-6-4-5-14(11-15)19-21(18(23)12-24-19)16-9-7-13(2)8-10-16/h4-11,19H,3,12H2,1-2H3,(H,20,22). The minimum Gasteiger partial charge on any atom is -0.326 e. The van der Waals surface area contributed by atoms with Gasteiger partial charge in [0.15, 0.2) is 0 Å². The Balaban J connectivity index is 1.90. The van der Waals surface area contributed by atoms with Crippen LogP contribution in [0.15, 0.2) is 48.5 Å². The van der Waals surface area contributed by atoms with E-state index in [1.165, 1.54) is 5.56 Å². The van der Waals surface area contributed by atoms with Crippen molar-refractivity contribution in [3.63, 3.8) is 0 Å². The fraction of sp³-hybridized carbons (Fsp3) is 0.263. The summed E-state index contributed by atoms with van der Waals surface area (Å²) in [7, 11) is 0. The molecular weight excluding hydrogens is 320 g/mol. The lowest BCUT2D eigenvalue weighted by atomic mass is 10.1. The summed E-state index contributed by atoms with van der Waals surface area (Å²) in [6.45, 7) is 3.85. The topological polar surface area (TPSA) is 49.4 Å². The van der Waals surface area contributed by atoms with Crippen LogP contribution >= 0.6 is 11.8 Å². The summed E-state index contributed by atoms with van der Waals surface area (Å²) >= 11 is 1.61. The van der Waals surface area contributed by atoms with E-state index in [9.17, 15) is 9.59 Å². The van der Waals surface area contributed by atoms with Crippen LogP contribution in [0.3, 0.4) is 0 Å². The van der Waals surface area contributed by atoms with Crippen molar-refractivity contribution in [2.45, 2.75) is 25.6 Å². The summed E-state index contributed by atoms with van der Waals surface area (Å²) in [5, 5.41) is 2.81. The third kappa shape index (κ3) is 3.46. The predicted molar refractivity (Wildman–Crippen MR) is 99.2 cm³/mol. The fourth-order valence-corrected chi connectivity index (χ4v) is 3.84. The second kappa shape index (κ2) is 7.09. The molecule has 1 heterocycles. The molecule has 4 nitrogen and oxygen atoms in total. The maximum atomic E-state index is 12.4. The molecule has 0 saturated carbocycles. The molecule has 1 saturated heterocycles. The van der Waals surface area contributed by atoms with Crippen molar-refractivity contribution >= 4 is 35.0 Å². The van der Waals surface area contributed by atoms with Gasteiger partial charge in [-0.2, -0.15) is 0 Å². The molecule has 0 aromatic heterocycles. The third-order valence-electron chi connectivity index (χ3n) is 3.96. The number of rotatable bonds is 4. The van der Waals surface area contributed by atoms with Crippen molar-refractivity contribution in [3.05, 3.63) is 59.7 Å². The Morgan fingerprint density at radius 2 is 2.00 bits per heavy atom. The van der Waals surface area contributed by atoms with Crippen LogP contribution in [0.2, 0.25) is 0 Å². The maximum absolute atomic E-state index is 12.4. The van der Waals surface area contributed by atoms with E-state index in [0.717, 1.165) is 16.9 Å². The average Bonchev–Trinajstić information content (AvgIpc) is 2.97. The van der Waals surface area contributed by atoms with Crippen molar-refractivity contribution in [2.24, 2.45) is 0 Å². The molecule has 1 aliphatic heterocycles. The van der Waals surface area contributed by atoms with Crippen LogP contribution < -0.4 is 10.2 Å². The molecular formula is C19H20N2O2S. The van der Waals surface area contributed by atoms with Crippen molar-refractivity contribution < 1.29 is 9.59 Å². The van der Waals surface area contributed by atoms with Gasteiger partial charge in [-0.3, -0.25) is 14.5 Å². The van der Waals surface area contributed by atoms with Crippen molar-refractivity contribution in [1.29, 1.82) is 0 Å². The first-order chi connectivity index (χ1) is 11.6. The fourth-order valence-electron chi connectivity index (χ4n) is 2.67. The summed E-state index contributed by atoms with van der Waals surface area (Å²) in [5.41, 5.74) is 3.85. The normalized spacial score (nSPS) is 17.2. The van der Waals surface area contributed by atoms with E-state index >= 15 is 0 Å². The van der Waals surface area contributed by atoms with Crippen LogP contribution in [-0.4, -0.2) is 17.6 Å². The van der Waals surface area contributed by atoms with E-state index in [4.69, 9.17) is 0 Å². The number of aryl methyl sites for hydroxylation is 1. The monoisotopic (exact) mass is 340 g/mol. The van der Waals surface area contributed by atoms with Gasteiger partial charge in [0.1, 0.15) is 5.37 Å². The lowest BCUT2D eigenvalue weighted by Gasteiger charge is -2.25. The van der Waals surface area contributed by atoms with E-state index < -0.39 is 0 Å². The summed E-state index contributed by atoms with van der Waals surface area (Å²) < 4.78 is 0. The van der Waals surface area contributed by atoms with Gasteiger partial charge in [0.25, 0.3) is 0 Å². The zero-order chi connectivity index (χ0) is 17.1. The van der Waals surface area contributed by atoms with Crippen LogP contribution in [0.25, 0.3) is 0 Å². The van der Waals surface area contributed by atoms with Crippen LogP contribution in [0.1, 0.15) is 29.8 Å². The van der Waals surface area contributed by atoms with Crippen LogP contribution in [0.4, 0.5) is 11.4 Å². The molecule has 1 unspecified atom stereocenters.